The van der Waals surface area contributed by atoms with Crippen molar-refractivity contribution in [2.24, 2.45) is 0 Å². The molecule has 0 spiro atoms. The third-order valence-electron chi connectivity index (χ3n) is 2.84. The number of carbonyl (C=O) groups excluding carboxylic acids is 1. The van der Waals surface area contributed by atoms with Crippen LogP contribution in [0.5, 0.6) is 5.75 Å². The van der Waals surface area contributed by atoms with Gasteiger partial charge in [-0.1, -0.05) is 13.8 Å². The van der Waals surface area contributed by atoms with Gasteiger partial charge >= 0.3 is 11.6 Å². The Kier molecular flexibility index (Phi) is 4.98. The highest BCUT2D eigenvalue weighted by Gasteiger charge is 2.15. The Morgan fingerprint density at radius 1 is 1.14 bits per heavy atom. The lowest BCUT2D eigenvalue weighted by Crippen LogP contribution is -2.16. The predicted octanol–water partition coefficient (Wildman–Crippen LogP) is 3.15. The monoisotopic (exact) mass is 290 g/mol. The number of hydrogen-bond acceptors (Lipinski definition) is 5. The zero-order valence-corrected chi connectivity index (χ0v) is 12.2. The van der Waals surface area contributed by atoms with Gasteiger partial charge in [-0.3, -0.25) is 0 Å². The summed E-state index contributed by atoms with van der Waals surface area (Å²) in [6, 6.07) is 6.66. The van der Waals surface area contributed by atoms with Gasteiger partial charge in [-0.25, -0.2) is 9.59 Å². The van der Waals surface area contributed by atoms with Gasteiger partial charge in [0.05, 0.1) is 13.2 Å². The molecule has 5 heteroatoms. The van der Waals surface area contributed by atoms with Gasteiger partial charge in [-0.15, -0.1) is 0 Å². The van der Waals surface area contributed by atoms with E-state index in [4.69, 9.17) is 13.9 Å². The molecule has 0 atom stereocenters. The molecule has 2 aromatic rings. The van der Waals surface area contributed by atoms with E-state index in [-0.39, 0.29) is 12.2 Å². The van der Waals surface area contributed by atoms with Gasteiger partial charge in [0.15, 0.2) is 0 Å². The maximum absolute atomic E-state index is 11.9. The van der Waals surface area contributed by atoms with E-state index in [9.17, 15) is 9.59 Å². The van der Waals surface area contributed by atoms with E-state index in [1.165, 1.54) is 6.07 Å². The second-order valence-corrected chi connectivity index (χ2v) is 4.63. The van der Waals surface area contributed by atoms with E-state index in [0.29, 0.717) is 29.7 Å². The minimum absolute atomic E-state index is 0.0850. The average molecular weight is 290 g/mol. The summed E-state index contributed by atoms with van der Waals surface area (Å²) in [4.78, 5) is 23.6. The van der Waals surface area contributed by atoms with E-state index in [2.05, 4.69) is 0 Å². The van der Waals surface area contributed by atoms with Crippen molar-refractivity contribution >= 4 is 16.9 Å². The molecule has 112 valence electrons. The third-order valence-corrected chi connectivity index (χ3v) is 2.84. The summed E-state index contributed by atoms with van der Waals surface area (Å²) in [6.45, 7) is 4.76. The fourth-order valence-corrected chi connectivity index (χ4v) is 1.82. The first-order chi connectivity index (χ1) is 10.2. The number of rotatable bonds is 6. The zero-order valence-electron chi connectivity index (χ0n) is 12.2. The molecule has 2 rings (SSSR count). The first kappa shape index (κ1) is 15.1. The van der Waals surface area contributed by atoms with Gasteiger partial charge in [-0.05, 0) is 31.0 Å². The van der Waals surface area contributed by atoms with E-state index in [1.807, 2.05) is 13.8 Å². The Balaban J connectivity index is 2.33. The lowest BCUT2D eigenvalue weighted by atomic mass is 10.2. The Labute approximate surface area is 122 Å². The standard InChI is InChI=1S/C16H18O5/c1-3-7-19-12-6-5-11-9-13(15(17)20-8-4-2)16(18)21-14(11)10-12/h5-6,9-10H,3-4,7-8H2,1-2H3. The maximum Gasteiger partial charge on any atom is 0.351 e. The van der Waals surface area contributed by atoms with Gasteiger partial charge in [-0.2, -0.15) is 0 Å². The smallest absolute Gasteiger partial charge is 0.351 e. The second-order valence-electron chi connectivity index (χ2n) is 4.63. The number of benzene rings is 1. The largest absolute Gasteiger partial charge is 0.493 e. The highest BCUT2D eigenvalue weighted by Crippen LogP contribution is 2.21. The van der Waals surface area contributed by atoms with E-state index >= 15 is 0 Å². The van der Waals surface area contributed by atoms with Crippen molar-refractivity contribution in [3.05, 3.63) is 40.2 Å². The van der Waals surface area contributed by atoms with Crippen LogP contribution >= 0.6 is 0 Å². The van der Waals surface area contributed by atoms with Crippen molar-refractivity contribution in [2.45, 2.75) is 26.7 Å². The minimum atomic E-state index is -0.698. The maximum atomic E-state index is 11.9. The van der Waals surface area contributed by atoms with Crippen LogP contribution < -0.4 is 10.4 Å². The summed E-state index contributed by atoms with van der Waals surface area (Å²) < 4.78 is 15.6. The molecule has 0 saturated carbocycles. The fraction of sp³-hybridized carbons (Fsp3) is 0.375. The molecule has 5 nitrogen and oxygen atoms in total. The van der Waals surface area contributed by atoms with Crippen molar-refractivity contribution in [1.82, 2.24) is 0 Å². The molecule has 0 aliphatic carbocycles. The van der Waals surface area contributed by atoms with Crippen LogP contribution in [0.3, 0.4) is 0 Å². The van der Waals surface area contributed by atoms with Crippen LogP contribution in [0.2, 0.25) is 0 Å². The van der Waals surface area contributed by atoms with Crippen molar-refractivity contribution in [3.63, 3.8) is 0 Å². The van der Waals surface area contributed by atoms with Crippen LogP contribution in [0.15, 0.2) is 33.5 Å². The Bertz CT molecular complexity index is 687. The SMILES string of the molecule is CCCOC(=O)c1cc2ccc(OCCC)cc2oc1=O. The normalized spacial score (nSPS) is 10.6. The van der Waals surface area contributed by atoms with Gasteiger partial charge in [0, 0.05) is 11.5 Å². The lowest BCUT2D eigenvalue weighted by molar-refractivity contribution is 0.0500. The summed E-state index contributed by atoms with van der Waals surface area (Å²) >= 11 is 0. The summed E-state index contributed by atoms with van der Waals surface area (Å²) in [5.74, 6) is -0.0207. The highest BCUT2D eigenvalue weighted by atomic mass is 16.5. The molecule has 0 N–H and O–H groups in total. The van der Waals surface area contributed by atoms with Crippen molar-refractivity contribution in [3.8, 4) is 5.75 Å². The Hall–Kier alpha value is -2.30. The van der Waals surface area contributed by atoms with Crippen LogP contribution in [-0.2, 0) is 4.74 Å². The highest BCUT2D eigenvalue weighted by molar-refractivity contribution is 5.93. The number of fused-ring (bicyclic) bond motifs is 1. The molecule has 0 saturated heterocycles. The molecule has 0 bridgehead atoms. The van der Waals surface area contributed by atoms with Gasteiger partial charge in [0.25, 0.3) is 0 Å². The molecular weight excluding hydrogens is 272 g/mol. The first-order valence-electron chi connectivity index (χ1n) is 7.03. The summed E-state index contributed by atoms with van der Waals surface area (Å²) in [5.41, 5.74) is -0.393. The number of esters is 1. The van der Waals surface area contributed by atoms with E-state index in [0.717, 1.165) is 6.42 Å². The Morgan fingerprint density at radius 3 is 2.62 bits per heavy atom. The lowest BCUT2D eigenvalue weighted by Gasteiger charge is -2.06. The molecule has 0 radical (unpaired) electrons. The third kappa shape index (κ3) is 3.62. The molecule has 0 aliphatic heterocycles. The molecule has 0 fully saturated rings. The second kappa shape index (κ2) is 6.92. The average Bonchev–Trinajstić information content (AvgIpc) is 2.49. The van der Waals surface area contributed by atoms with Gasteiger partial charge in [0.1, 0.15) is 16.9 Å². The predicted molar refractivity (Wildman–Crippen MR) is 78.8 cm³/mol. The van der Waals surface area contributed by atoms with Crippen LogP contribution in [0.1, 0.15) is 37.0 Å². The van der Waals surface area contributed by atoms with Gasteiger partial charge in [0.2, 0.25) is 0 Å². The molecule has 1 aromatic carbocycles. The summed E-state index contributed by atoms with van der Waals surface area (Å²) in [6.07, 6.45) is 1.59. The molecule has 0 amide bonds. The number of hydrogen-bond donors (Lipinski definition) is 0. The zero-order chi connectivity index (χ0) is 15.2. The van der Waals surface area contributed by atoms with Crippen molar-refractivity contribution in [1.29, 1.82) is 0 Å². The molecule has 0 unspecified atom stereocenters. The van der Waals surface area contributed by atoms with Crippen molar-refractivity contribution in [2.75, 3.05) is 13.2 Å². The molecular formula is C16H18O5. The number of carbonyl (C=O) groups is 1. The summed E-state index contributed by atoms with van der Waals surface area (Å²) in [5, 5.41) is 0.655. The Morgan fingerprint density at radius 2 is 1.90 bits per heavy atom. The topological polar surface area (TPSA) is 65.7 Å². The molecule has 0 aliphatic rings. The quantitative estimate of drug-likeness (QED) is 0.604. The minimum Gasteiger partial charge on any atom is -0.493 e. The number of ether oxygens (including phenoxy) is 2. The van der Waals surface area contributed by atoms with E-state index < -0.39 is 11.6 Å². The first-order valence-corrected chi connectivity index (χ1v) is 7.03. The molecule has 1 heterocycles. The molecule has 1 aromatic heterocycles. The van der Waals surface area contributed by atoms with Crippen LogP contribution in [0.25, 0.3) is 11.0 Å². The van der Waals surface area contributed by atoms with Crippen molar-refractivity contribution < 1.29 is 18.7 Å². The van der Waals surface area contributed by atoms with Gasteiger partial charge < -0.3 is 13.9 Å². The van der Waals surface area contributed by atoms with Crippen LogP contribution in [-0.4, -0.2) is 19.2 Å². The van der Waals surface area contributed by atoms with E-state index in [1.54, 1.807) is 18.2 Å². The fourth-order valence-electron chi connectivity index (χ4n) is 1.82. The van der Waals surface area contributed by atoms with Crippen LogP contribution in [0.4, 0.5) is 0 Å². The molecule has 21 heavy (non-hydrogen) atoms. The van der Waals surface area contributed by atoms with Crippen LogP contribution in [0, 0.1) is 0 Å². The summed E-state index contributed by atoms with van der Waals surface area (Å²) in [7, 11) is 0.